The smallest absolute Gasteiger partial charge is 0.300 e. The third-order valence-electron chi connectivity index (χ3n) is 2.80. The molecule has 10 nitrogen and oxygen atoms in total. The summed E-state index contributed by atoms with van der Waals surface area (Å²) in [6.07, 6.45) is -6.33. The summed E-state index contributed by atoms with van der Waals surface area (Å²) in [4.78, 5) is 7.86. The van der Waals surface area contributed by atoms with Gasteiger partial charge in [-0.15, -0.1) is 0 Å². The topological polar surface area (TPSA) is 174 Å². The van der Waals surface area contributed by atoms with Crippen LogP contribution in [0.5, 0.6) is 0 Å². The molecule has 0 aromatic rings. The van der Waals surface area contributed by atoms with Crippen LogP contribution in [0.25, 0.3) is 0 Å². The lowest BCUT2D eigenvalue weighted by Gasteiger charge is -2.45. The van der Waals surface area contributed by atoms with Gasteiger partial charge in [-0.2, -0.15) is 8.42 Å². The number of aliphatic hydroxyl groups is 4. The molecule has 0 aliphatic carbocycles. The normalized spacial score (nSPS) is 39.9. The first kappa shape index (κ1) is 16.2. The van der Waals surface area contributed by atoms with Gasteiger partial charge in [0.15, 0.2) is 6.29 Å². The molecule has 1 amide bonds. The van der Waals surface area contributed by atoms with Crippen molar-refractivity contribution in [3.8, 4) is 0 Å². The first-order chi connectivity index (χ1) is 8.56. The Labute approximate surface area is 108 Å². The number of hydrogen-bond acceptors (Lipinski definition) is 8. The molecule has 5 atom stereocenters. The van der Waals surface area contributed by atoms with E-state index in [4.69, 9.17) is 9.66 Å². The highest BCUT2D eigenvalue weighted by atomic mass is 32.2. The number of hydrogen-bond donors (Lipinski definition) is 6. The van der Waals surface area contributed by atoms with Crippen LogP contribution in [-0.2, 0) is 19.6 Å². The summed E-state index contributed by atoms with van der Waals surface area (Å²) >= 11 is 0. The Balaban J connectivity index is 3.16. The Kier molecular flexibility index (Phi) is 4.51. The molecule has 0 aromatic heterocycles. The summed E-state index contributed by atoms with van der Waals surface area (Å²) in [7, 11) is -5.16. The second-order valence-electron chi connectivity index (χ2n) is 4.12. The molecular formula is C8H15NO9S. The molecule has 0 spiro atoms. The second-order valence-corrected chi connectivity index (χ2v) is 5.76. The Hall–Kier alpha value is -0.820. The minimum absolute atomic E-state index is 0.678. The molecule has 0 bridgehead atoms. The molecule has 112 valence electrons. The molecule has 1 aliphatic rings. The molecule has 0 radical (unpaired) electrons. The molecule has 0 saturated carbocycles. The summed E-state index contributed by atoms with van der Waals surface area (Å²) < 4.78 is 35.9. The zero-order valence-electron chi connectivity index (χ0n) is 9.79. The zero-order valence-corrected chi connectivity index (χ0v) is 10.6. The van der Waals surface area contributed by atoms with E-state index in [1.807, 2.05) is 5.32 Å². The van der Waals surface area contributed by atoms with Crippen LogP contribution in [0.2, 0.25) is 0 Å². The van der Waals surface area contributed by atoms with E-state index >= 15 is 0 Å². The predicted molar refractivity (Wildman–Crippen MR) is 58.1 cm³/mol. The van der Waals surface area contributed by atoms with Crippen molar-refractivity contribution in [2.75, 3.05) is 6.61 Å². The average Bonchev–Trinajstić information content (AvgIpc) is 2.27. The Bertz CT molecular complexity index is 451. The van der Waals surface area contributed by atoms with Gasteiger partial charge in [-0.3, -0.25) is 9.35 Å². The fourth-order valence-electron chi connectivity index (χ4n) is 1.79. The summed E-state index contributed by atoms with van der Waals surface area (Å²) in [6.45, 7) is -0.351. The quantitative estimate of drug-likeness (QED) is 0.285. The van der Waals surface area contributed by atoms with Gasteiger partial charge < -0.3 is 30.5 Å². The SMILES string of the molecule is CC(=O)N[C@H]1C(O)O[C@](CO)(S(=O)(=O)O)[C@@H](O)[C@@H]1O. The zero-order chi connectivity index (χ0) is 15.0. The molecule has 1 aliphatic heterocycles. The van der Waals surface area contributed by atoms with Crippen LogP contribution in [0.15, 0.2) is 0 Å². The van der Waals surface area contributed by atoms with Crippen LogP contribution >= 0.6 is 0 Å². The Morgan fingerprint density at radius 2 is 1.89 bits per heavy atom. The lowest BCUT2D eigenvalue weighted by atomic mass is 9.96. The van der Waals surface area contributed by atoms with Crippen molar-refractivity contribution >= 4 is 16.0 Å². The lowest BCUT2D eigenvalue weighted by molar-refractivity contribution is -0.272. The van der Waals surface area contributed by atoms with Crippen molar-refractivity contribution in [2.45, 2.75) is 36.4 Å². The third-order valence-corrected chi connectivity index (χ3v) is 4.14. The predicted octanol–water partition coefficient (Wildman–Crippen LogP) is -3.86. The van der Waals surface area contributed by atoms with Gasteiger partial charge in [0.2, 0.25) is 10.8 Å². The number of nitrogens with one attached hydrogen (secondary N) is 1. The van der Waals surface area contributed by atoms with Gasteiger partial charge in [0.25, 0.3) is 0 Å². The van der Waals surface area contributed by atoms with E-state index in [0.29, 0.717) is 0 Å². The number of rotatable bonds is 3. The maximum absolute atomic E-state index is 11.2. The van der Waals surface area contributed by atoms with E-state index < -0.39 is 52.1 Å². The van der Waals surface area contributed by atoms with Crippen molar-refractivity contribution < 1.29 is 42.9 Å². The molecule has 19 heavy (non-hydrogen) atoms. The number of aliphatic hydroxyl groups excluding tert-OH is 4. The van der Waals surface area contributed by atoms with E-state index in [0.717, 1.165) is 6.92 Å². The minimum atomic E-state index is -5.16. The summed E-state index contributed by atoms with van der Waals surface area (Å²) in [6, 6.07) is -1.52. The Morgan fingerprint density at radius 1 is 1.37 bits per heavy atom. The van der Waals surface area contributed by atoms with Gasteiger partial charge in [-0.25, -0.2) is 0 Å². The van der Waals surface area contributed by atoms with Crippen molar-refractivity contribution in [3.05, 3.63) is 0 Å². The molecule has 11 heteroatoms. The van der Waals surface area contributed by atoms with Crippen LogP contribution in [0.1, 0.15) is 6.92 Å². The second kappa shape index (κ2) is 5.28. The number of carbonyl (C=O) groups excluding carboxylic acids is 1. The highest BCUT2D eigenvalue weighted by Crippen LogP contribution is 2.33. The molecule has 1 saturated heterocycles. The summed E-state index contributed by atoms with van der Waals surface area (Å²) in [5.74, 6) is -0.678. The maximum atomic E-state index is 11.2. The van der Waals surface area contributed by atoms with E-state index in [2.05, 4.69) is 4.74 Å². The molecular weight excluding hydrogens is 286 g/mol. The van der Waals surface area contributed by atoms with Crippen LogP contribution in [-0.4, -0.2) is 75.4 Å². The summed E-state index contributed by atoms with van der Waals surface area (Å²) in [5.41, 5.74) is 0. The highest BCUT2D eigenvalue weighted by molar-refractivity contribution is 7.87. The first-order valence-electron chi connectivity index (χ1n) is 5.14. The average molecular weight is 301 g/mol. The third kappa shape index (κ3) is 2.72. The largest absolute Gasteiger partial charge is 0.392 e. The van der Waals surface area contributed by atoms with E-state index in [-0.39, 0.29) is 0 Å². The first-order valence-corrected chi connectivity index (χ1v) is 6.58. The van der Waals surface area contributed by atoms with Gasteiger partial charge in [0.05, 0.1) is 6.61 Å². The molecule has 0 aromatic carbocycles. The number of ether oxygens (including phenoxy) is 1. The lowest BCUT2D eigenvalue weighted by Crippen LogP contribution is -2.71. The molecule has 1 rings (SSSR count). The van der Waals surface area contributed by atoms with Gasteiger partial charge in [-0.05, 0) is 0 Å². The van der Waals surface area contributed by atoms with E-state index in [1.54, 1.807) is 0 Å². The maximum Gasteiger partial charge on any atom is 0.300 e. The van der Waals surface area contributed by atoms with Crippen molar-refractivity contribution in [1.29, 1.82) is 0 Å². The highest BCUT2D eigenvalue weighted by Gasteiger charge is 2.61. The van der Waals surface area contributed by atoms with Gasteiger partial charge >= 0.3 is 10.1 Å². The van der Waals surface area contributed by atoms with E-state index in [9.17, 15) is 28.5 Å². The molecule has 1 unspecified atom stereocenters. The fraction of sp³-hybridized carbons (Fsp3) is 0.875. The Morgan fingerprint density at radius 3 is 2.26 bits per heavy atom. The molecule has 1 heterocycles. The fourth-order valence-corrected chi connectivity index (χ4v) is 2.62. The van der Waals surface area contributed by atoms with E-state index in [1.165, 1.54) is 0 Å². The van der Waals surface area contributed by atoms with Crippen LogP contribution in [0, 0.1) is 0 Å². The van der Waals surface area contributed by atoms with Gasteiger partial charge in [0.1, 0.15) is 18.2 Å². The number of carbonyl (C=O) groups is 1. The van der Waals surface area contributed by atoms with Crippen molar-refractivity contribution in [2.24, 2.45) is 0 Å². The van der Waals surface area contributed by atoms with Gasteiger partial charge in [-0.1, -0.05) is 0 Å². The molecule has 1 fully saturated rings. The summed E-state index contributed by atoms with van der Waals surface area (Å²) in [5, 5.41) is 40.0. The van der Waals surface area contributed by atoms with Crippen molar-refractivity contribution in [3.63, 3.8) is 0 Å². The standard InChI is InChI=1S/C8H15NO9S/c1-3(11)9-4-5(12)6(13)8(2-10,18-7(4)14)19(15,16)17/h4-7,10,12-14H,2H2,1H3,(H,9,11)(H,15,16,17)/t4-,5-,6+,7?,8-/m1/s1. The van der Waals surface area contributed by atoms with Crippen LogP contribution in [0.4, 0.5) is 0 Å². The molecule has 6 N–H and O–H groups in total. The van der Waals surface area contributed by atoms with Gasteiger partial charge in [0, 0.05) is 6.92 Å². The van der Waals surface area contributed by atoms with Crippen LogP contribution in [0.3, 0.4) is 0 Å². The monoisotopic (exact) mass is 301 g/mol. The van der Waals surface area contributed by atoms with Crippen LogP contribution < -0.4 is 5.32 Å². The minimum Gasteiger partial charge on any atom is -0.392 e. The number of amides is 1. The van der Waals surface area contributed by atoms with Crippen molar-refractivity contribution in [1.82, 2.24) is 5.32 Å².